The molecule has 1 fully saturated rings. The topological polar surface area (TPSA) is 29.5 Å². The van der Waals surface area contributed by atoms with Gasteiger partial charge in [0.25, 0.3) is 0 Å². The van der Waals surface area contributed by atoms with Gasteiger partial charge in [0, 0.05) is 23.2 Å². The normalized spacial score (nSPS) is 16.1. The summed E-state index contributed by atoms with van der Waals surface area (Å²) in [6.45, 7) is 7.77. The molecule has 1 heterocycles. The highest BCUT2D eigenvalue weighted by molar-refractivity contribution is 9.10. The van der Waals surface area contributed by atoms with Crippen LogP contribution in [0.1, 0.15) is 50.4 Å². The number of nitrogens with zero attached hydrogens (tertiary/aromatic N) is 1. The van der Waals surface area contributed by atoms with Crippen molar-refractivity contribution in [2.75, 3.05) is 18.0 Å². The van der Waals surface area contributed by atoms with Crippen LogP contribution in [0.2, 0.25) is 0 Å². The third kappa shape index (κ3) is 4.23. The molecule has 0 spiro atoms. The van der Waals surface area contributed by atoms with Crippen molar-refractivity contribution in [3.05, 3.63) is 28.2 Å². The van der Waals surface area contributed by atoms with Gasteiger partial charge in [0.15, 0.2) is 0 Å². The summed E-state index contributed by atoms with van der Waals surface area (Å²) in [5, 5.41) is 0. The third-order valence-electron chi connectivity index (χ3n) is 3.24. The first kappa shape index (κ1) is 15.4. The van der Waals surface area contributed by atoms with Gasteiger partial charge in [-0.1, -0.05) is 15.9 Å². The van der Waals surface area contributed by atoms with Crippen molar-refractivity contribution < 1.29 is 9.53 Å². The fourth-order valence-corrected chi connectivity index (χ4v) is 2.84. The number of piperidine rings is 1. The summed E-state index contributed by atoms with van der Waals surface area (Å²) in [7, 11) is 0. The molecule has 0 bridgehead atoms. The van der Waals surface area contributed by atoms with Crippen molar-refractivity contribution in [1.82, 2.24) is 0 Å². The third-order valence-corrected chi connectivity index (χ3v) is 3.70. The number of carbonyl (C=O) groups is 1. The molecular weight excluding hydrogens is 318 g/mol. The van der Waals surface area contributed by atoms with Crippen LogP contribution < -0.4 is 4.90 Å². The van der Waals surface area contributed by atoms with Crippen LogP contribution in [-0.2, 0) is 4.74 Å². The minimum absolute atomic E-state index is 0.267. The summed E-state index contributed by atoms with van der Waals surface area (Å²) in [5.41, 5.74) is 1.24. The summed E-state index contributed by atoms with van der Waals surface area (Å²) in [6, 6.07) is 5.82. The predicted molar refractivity (Wildman–Crippen MR) is 85.4 cm³/mol. The van der Waals surface area contributed by atoms with E-state index in [1.807, 2.05) is 32.9 Å². The van der Waals surface area contributed by atoms with Gasteiger partial charge < -0.3 is 9.64 Å². The zero-order chi connectivity index (χ0) is 14.8. The van der Waals surface area contributed by atoms with Gasteiger partial charge in [-0.2, -0.15) is 0 Å². The first-order valence-corrected chi connectivity index (χ1v) is 7.93. The summed E-state index contributed by atoms with van der Waals surface area (Å²) >= 11 is 3.49. The average molecular weight is 340 g/mol. The van der Waals surface area contributed by atoms with Crippen LogP contribution in [0.15, 0.2) is 22.7 Å². The number of halogens is 1. The van der Waals surface area contributed by atoms with Crippen molar-refractivity contribution in [1.29, 1.82) is 0 Å². The van der Waals surface area contributed by atoms with Gasteiger partial charge in [0.2, 0.25) is 0 Å². The van der Waals surface area contributed by atoms with Gasteiger partial charge in [0.1, 0.15) is 5.60 Å². The standard InChI is InChI=1S/C16H22BrNO2/c1-16(2,3)20-15(19)12-9-13(17)11-14(10-12)18-7-5-4-6-8-18/h9-11H,4-8H2,1-3H3. The maximum atomic E-state index is 12.2. The quantitative estimate of drug-likeness (QED) is 0.748. The summed E-state index contributed by atoms with van der Waals surface area (Å²) < 4.78 is 6.36. The maximum absolute atomic E-state index is 12.2. The van der Waals surface area contributed by atoms with Crippen LogP contribution in [0, 0.1) is 0 Å². The summed E-state index contributed by atoms with van der Waals surface area (Å²) in [5.74, 6) is -0.267. The van der Waals surface area contributed by atoms with E-state index in [0.29, 0.717) is 5.56 Å². The zero-order valence-electron chi connectivity index (χ0n) is 12.4. The molecule has 1 aromatic carbocycles. The minimum Gasteiger partial charge on any atom is -0.456 e. The van der Waals surface area contributed by atoms with Crippen molar-refractivity contribution >= 4 is 27.6 Å². The smallest absolute Gasteiger partial charge is 0.338 e. The molecule has 0 saturated carbocycles. The first-order valence-electron chi connectivity index (χ1n) is 7.14. The Morgan fingerprint density at radius 2 is 1.80 bits per heavy atom. The highest BCUT2D eigenvalue weighted by Crippen LogP contribution is 2.26. The van der Waals surface area contributed by atoms with E-state index in [-0.39, 0.29) is 5.97 Å². The number of carbonyl (C=O) groups excluding carboxylic acids is 1. The molecule has 3 nitrogen and oxygen atoms in total. The molecule has 1 aromatic rings. The van der Waals surface area contributed by atoms with Crippen LogP contribution in [0.3, 0.4) is 0 Å². The van der Waals surface area contributed by atoms with Crippen molar-refractivity contribution in [3.63, 3.8) is 0 Å². The van der Waals surface area contributed by atoms with Gasteiger partial charge in [-0.15, -0.1) is 0 Å². The molecule has 1 aliphatic rings. The van der Waals surface area contributed by atoms with Crippen LogP contribution in [0.4, 0.5) is 5.69 Å². The zero-order valence-corrected chi connectivity index (χ0v) is 14.0. The Balaban J connectivity index is 2.21. The van der Waals surface area contributed by atoms with E-state index in [2.05, 4.69) is 26.9 Å². The molecule has 0 N–H and O–H groups in total. The van der Waals surface area contributed by atoms with E-state index < -0.39 is 5.60 Å². The Hall–Kier alpha value is -1.03. The van der Waals surface area contributed by atoms with Crippen molar-refractivity contribution in [2.24, 2.45) is 0 Å². The molecular formula is C16H22BrNO2. The largest absolute Gasteiger partial charge is 0.456 e. The highest BCUT2D eigenvalue weighted by atomic mass is 79.9. The van der Waals surface area contributed by atoms with E-state index in [4.69, 9.17) is 4.74 Å². The molecule has 0 amide bonds. The monoisotopic (exact) mass is 339 g/mol. The van der Waals surface area contributed by atoms with Crippen LogP contribution in [-0.4, -0.2) is 24.7 Å². The second-order valence-electron chi connectivity index (χ2n) is 6.25. The molecule has 0 aliphatic carbocycles. The molecule has 110 valence electrons. The fourth-order valence-electron chi connectivity index (χ4n) is 2.36. The van der Waals surface area contributed by atoms with E-state index in [1.54, 1.807) is 0 Å². The van der Waals surface area contributed by atoms with Gasteiger partial charge in [-0.05, 0) is 58.2 Å². The summed E-state index contributed by atoms with van der Waals surface area (Å²) in [6.07, 6.45) is 3.73. The SMILES string of the molecule is CC(C)(C)OC(=O)c1cc(Br)cc(N2CCCCC2)c1. The number of anilines is 1. The molecule has 0 unspecified atom stereocenters. The van der Waals surface area contributed by atoms with Crippen molar-refractivity contribution in [3.8, 4) is 0 Å². The van der Waals surface area contributed by atoms with Gasteiger partial charge >= 0.3 is 5.97 Å². The Morgan fingerprint density at radius 3 is 2.40 bits per heavy atom. The van der Waals surface area contributed by atoms with E-state index >= 15 is 0 Å². The average Bonchev–Trinajstić information content (AvgIpc) is 2.37. The molecule has 0 radical (unpaired) electrons. The van der Waals surface area contributed by atoms with E-state index in [0.717, 1.165) is 23.2 Å². The molecule has 2 rings (SSSR count). The van der Waals surface area contributed by atoms with Gasteiger partial charge in [0.05, 0.1) is 5.56 Å². The highest BCUT2D eigenvalue weighted by Gasteiger charge is 2.20. The van der Waals surface area contributed by atoms with Gasteiger partial charge in [-0.25, -0.2) is 4.79 Å². The Morgan fingerprint density at radius 1 is 1.15 bits per heavy atom. The lowest BCUT2D eigenvalue weighted by Gasteiger charge is -2.29. The Bertz CT molecular complexity index is 488. The Kier molecular flexibility index (Phi) is 4.74. The lowest BCUT2D eigenvalue weighted by atomic mass is 10.1. The maximum Gasteiger partial charge on any atom is 0.338 e. The van der Waals surface area contributed by atoms with Crippen LogP contribution >= 0.6 is 15.9 Å². The summed E-state index contributed by atoms with van der Waals surface area (Å²) in [4.78, 5) is 14.5. The van der Waals surface area contributed by atoms with Gasteiger partial charge in [-0.3, -0.25) is 0 Å². The lowest BCUT2D eigenvalue weighted by molar-refractivity contribution is 0.00695. The Labute approximate surface area is 129 Å². The molecule has 1 saturated heterocycles. The molecule has 0 atom stereocenters. The number of esters is 1. The fraction of sp³-hybridized carbons (Fsp3) is 0.562. The molecule has 0 aromatic heterocycles. The molecule has 4 heteroatoms. The first-order chi connectivity index (χ1) is 9.35. The van der Waals surface area contributed by atoms with Crippen molar-refractivity contribution in [2.45, 2.75) is 45.6 Å². The lowest BCUT2D eigenvalue weighted by Crippen LogP contribution is -2.29. The van der Waals surface area contributed by atoms with Crippen LogP contribution in [0.25, 0.3) is 0 Å². The number of ether oxygens (including phenoxy) is 1. The number of hydrogen-bond donors (Lipinski definition) is 0. The second-order valence-corrected chi connectivity index (χ2v) is 7.16. The minimum atomic E-state index is -0.468. The number of benzene rings is 1. The number of rotatable bonds is 2. The molecule has 1 aliphatic heterocycles. The van der Waals surface area contributed by atoms with Crippen LogP contribution in [0.5, 0.6) is 0 Å². The second kappa shape index (κ2) is 6.17. The predicted octanol–water partition coefficient (Wildman–Crippen LogP) is 4.39. The van der Waals surface area contributed by atoms with E-state index in [9.17, 15) is 4.79 Å². The number of hydrogen-bond acceptors (Lipinski definition) is 3. The van der Waals surface area contributed by atoms with E-state index in [1.165, 1.54) is 19.3 Å². The molecule has 20 heavy (non-hydrogen) atoms.